The van der Waals surface area contributed by atoms with Crippen molar-refractivity contribution in [1.29, 1.82) is 0 Å². The average Bonchev–Trinajstić information content (AvgIpc) is 3.52. The van der Waals surface area contributed by atoms with Crippen LogP contribution in [0.3, 0.4) is 0 Å². The largest absolute Gasteiger partial charge is 0.479 e. The highest BCUT2D eigenvalue weighted by atomic mass is 35.5. The second kappa shape index (κ2) is 9.69. The highest BCUT2D eigenvalue weighted by molar-refractivity contribution is 7.19. The van der Waals surface area contributed by atoms with Crippen molar-refractivity contribution in [2.45, 2.75) is 57.3 Å². The number of thiophene rings is 1. The summed E-state index contributed by atoms with van der Waals surface area (Å²) in [6.45, 7) is 3.99. The predicted octanol–water partition coefficient (Wildman–Crippen LogP) is 4.89. The van der Waals surface area contributed by atoms with E-state index in [-0.39, 0.29) is 12.5 Å². The van der Waals surface area contributed by atoms with Crippen LogP contribution in [0.2, 0.25) is 5.02 Å². The number of fused-ring (bicyclic) bond motifs is 2. The number of piperidine rings is 2. The van der Waals surface area contributed by atoms with Gasteiger partial charge in [0.25, 0.3) is 5.91 Å². The maximum atomic E-state index is 13.5. The van der Waals surface area contributed by atoms with Crippen LogP contribution in [0.1, 0.15) is 42.5 Å². The quantitative estimate of drug-likeness (QED) is 0.540. The second-order valence-corrected chi connectivity index (χ2v) is 11.4. The molecule has 3 aliphatic heterocycles. The number of pyridine rings is 1. The molecule has 1 N–H and O–H groups in total. The van der Waals surface area contributed by atoms with E-state index in [1.54, 1.807) is 6.20 Å². The number of hydrogen-bond acceptors (Lipinski definition) is 6. The first-order valence-corrected chi connectivity index (χ1v) is 13.8. The zero-order valence-corrected chi connectivity index (χ0v) is 21.3. The molecule has 1 atom stereocenters. The minimum absolute atomic E-state index is 0.0182. The molecule has 0 bridgehead atoms. The number of halogens is 1. The fraction of sp³-hybridized carbons (Fsp3) is 0.481. The van der Waals surface area contributed by atoms with Gasteiger partial charge in [-0.3, -0.25) is 9.78 Å². The monoisotopic (exact) mass is 511 g/mol. The van der Waals surface area contributed by atoms with Crippen molar-refractivity contribution in [1.82, 2.24) is 14.8 Å². The summed E-state index contributed by atoms with van der Waals surface area (Å²) in [5.74, 6) is 0.821. The number of likely N-dealkylation sites (tertiary alicyclic amines) is 2. The number of carbonyl (C=O) groups is 1. The summed E-state index contributed by atoms with van der Waals surface area (Å²) >= 11 is 8.04. The molecule has 1 aromatic carbocycles. The summed E-state index contributed by atoms with van der Waals surface area (Å²) in [6.07, 6.45) is 7.83. The summed E-state index contributed by atoms with van der Waals surface area (Å²) in [7, 11) is 0. The summed E-state index contributed by atoms with van der Waals surface area (Å²) in [5, 5.41) is 10.2. The standard InChI is InChI=1S/C27H30ClN3O3S/c28-18-12-17-13-24(27(33)31-10-5-19(6-11-31)30-8-2-1-3-9-30)34-25(17)22(14-18)21-4-7-29-23-15-20(16-32)35-26(21)23/h4,7,12,14-15,19,24,32H,1-3,5-6,8-11,13,16H2/t24-/m1/s1. The Hall–Kier alpha value is -2.19. The molecule has 1 amide bonds. The van der Waals surface area contributed by atoms with Crippen LogP contribution in [-0.2, 0) is 17.8 Å². The van der Waals surface area contributed by atoms with Gasteiger partial charge in [0.1, 0.15) is 5.75 Å². The number of aromatic nitrogens is 1. The molecule has 2 fully saturated rings. The summed E-state index contributed by atoms with van der Waals surface area (Å²) in [6, 6.07) is 8.30. The number of aliphatic hydroxyl groups excluding tert-OH is 1. The van der Waals surface area contributed by atoms with Gasteiger partial charge in [0.05, 0.1) is 16.8 Å². The third-order valence-corrected chi connectivity index (χ3v) is 9.02. The molecule has 6 rings (SSSR count). The second-order valence-electron chi connectivity index (χ2n) is 9.85. The minimum atomic E-state index is -0.512. The lowest BCUT2D eigenvalue weighted by molar-refractivity contribution is -0.139. The first-order chi connectivity index (χ1) is 17.1. The Bertz CT molecular complexity index is 1250. The van der Waals surface area contributed by atoms with Crippen molar-refractivity contribution in [3.05, 3.63) is 45.9 Å². The van der Waals surface area contributed by atoms with E-state index in [0.717, 1.165) is 63.5 Å². The van der Waals surface area contributed by atoms with Gasteiger partial charge in [-0.25, -0.2) is 0 Å². The lowest BCUT2D eigenvalue weighted by Gasteiger charge is -2.40. The van der Waals surface area contributed by atoms with E-state index in [4.69, 9.17) is 16.3 Å². The van der Waals surface area contributed by atoms with Gasteiger partial charge in [-0.15, -0.1) is 11.3 Å². The van der Waals surface area contributed by atoms with E-state index in [0.29, 0.717) is 17.5 Å². The molecular weight excluding hydrogens is 482 g/mol. The Balaban J connectivity index is 1.21. The third kappa shape index (κ3) is 4.44. The van der Waals surface area contributed by atoms with Crippen molar-refractivity contribution >= 4 is 39.1 Å². The van der Waals surface area contributed by atoms with Gasteiger partial charge >= 0.3 is 0 Å². The summed E-state index contributed by atoms with van der Waals surface area (Å²) in [4.78, 5) is 23.4. The van der Waals surface area contributed by atoms with Crippen LogP contribution in [0.5, 0.6) is 5.75 Å². The van der Waals surface area contributed by atoms with Crippen molar-refractivity contribution in [2.24, 2.45) is 0 Å². The normalized spacial score (nSPS) is 21.3. The number of nitrogens with zero attached hydrogens (tertiary/aromatic N) is 3. The predicted molar refractivity (Wildman–Crippen MR) is 139 cm³/mol. The number of rotatable bonds is 4. The van der Waals surface area contributed by atoms with Crippen LogP contribution >= 0.6 is 22.9 Å². The van der Waals surface area contributed by atoms with Gasteiger partial charge in [0, 0.05) is 58.3 Å². The SMILES string of the molecule is O=C([C@H]1Cc2cc(Cl)cc(-c3ccnc4cc(CO)sc34)c2O1)N1CCC(N2CCCCC2)CC1. The number of amides is 1. The Morgan fingerprint density at radius 1 is 1.11 bits per heavy atom. The Morgan fingerprint density at radius 2 is 1.91 bits per heavy atom. The van der Waals surface area contributed by atoms with E-state index >= 15 is 0 Å². The van der Waals surface area contributed by atoms with Gasteiger partial charge in [0.15, 0.2) is 6.10 Å². The highest BCUT2D eigenvalue weighted by Gasteiger charge is 2.36. The maximum absolute atomic E-state index is 13.5. The van der Waals surface area contributed by atoms with Crippen LogP contribution in [0.25, 0.3) is 21.3 Å². The fourth-order valence-electron chi connectivity index (χ4n) is 5.88. The lowest BCUT2D eigenvalue weighted by Crippen LogP contribution is -2.50. The van der Waals surface area contributed by atoms with E-state index in [2.05, 4.69) is 9.88 Å². The molecule has 184 valence electrons. The van der Waals surface area contributed by atoms with Gasteiger partial charge in [-0.1, -0.05) is 18.0 Å². The zero-order chi connectivity index (χ0) is 23.9. The molecule has 3 aliphatic rings. The number of aliphatic hydroxyl groups is 1. The van der Waals surface area contributed by atoms with Crippen LogP contribution < -0.4 is 4.74 Å². The molecule has 8 heteroatoms. The molecular formula is C27H30ClN3O3S. The third-order valence-electron chi connectivity index (χ3n) is 7.66. The highest BCUT2D eigenvalue weighted by Crippen LogP contribution is 2.44. The Morgan fingerprint density at radius 3 is 2.69 bits per heavy atom. The number of hydrogen-bond donors (Lipinski definition) is 1. The Kier molecular flexibility index (Phi) is 6.43. The van der Waals surface area contributed by atoms with Crippen LogP contribution in [0.4, 0.5) is 0 Å². The molecule has 3 aromatic rings. The van der Waals surface area contributed by atoms with Gasteiger partial charge in [-0.2, -0.15) is 0 Å². The molecule has 0 spiro atoms. The van der Waals surface area contributed by atoms with E-state index in [9.17, 15) is 9.90 Å². The molecule has 2 saturated heterocycles. The molecule has 5 heterocycles. The zero-order valence-electron chi connectivity index (χ0n) is 19.7. The lowest BCUT2D eigenvalue weighted by atomic mass is 9.98. The molecule has 0 radical (unpaired) electrons. The van der Waals surface area contributed by atoms with Crippen LogP contribution in [0, 0.1) is 0 Å². The topological polar surface area (TPSA) is 65.9 Å². The average molecular weight is 512 g/mol. The van der Waals surface area contributed by atoms with Gasteiger partial charge in [-0.05, 0) is 63.0 Å². The summed E-state index contributed by atoms with van der Waals surface area (Å²) < 4.78 is 7.35. The van der Waals surface area contributed by atoms with Crippen molar-refractivity contribution in [3.63, 3.8) is 0 Å². The van der Waals surface area contributed by atoms with Crippen molar-refractivity contribution < 1.29 is 14.6 Å². The molecule has 2 aromatic heterocycles. The molecule has 35 heavy (non-hydrogen) atoms. The van der Waals surface area contributed by atoms with E-state index in [1.807, 2.05) is 29.2 Å². The van der Waals surface area contributed by atoms with E-state index < -0.39 is 6.10 Å². The number of ether oxygens (including phenoxy) is 1. The molecule has 0 aliphatic carbocycles. The fourth-order valence-corrected chi connectivity index (χ4v) is 7.12. The number of benzene rings is 1. The van der Waals surface area contributed by atoms with Crippen molar-refractivity contribution in [3.8, 4) is 16.9 Å². The molecule has 6 nitrogen and oxygen atoms in total. The van der Waals surface area contributed by atoms with Crippen molar-refractivity contribution in [2.75, 3.05) is 26.2 Å². The van der Waals surface area contributed by atoms with Crippen LogP contribution in [0.15, 0.2) is 30.5 Å². The smallest absolute Gasteiger partial charge is 0.263 e. The van der Waals surface area contributed by atoms with Crippen LogP contribution in [-0.4, -0.2) is 64.1 Å². The molecule has 0 saturated carbocycles. The van der Waals surface area contributed by atoms with Gasteiger partial charge < -0.3 is 19.6 Å². The Labute approximate surface area is 214 Å². The first-order valence-electron chi connectivity index (χ1n) is 12.6. The van der Waals surface area contributed by atoms with E-state index in [1.165, 1.54) is 43.7 Å². The summed E-state index contributed by atoms with van der Waals surface area (Å²) in [5.41, 5.74) is 3.66. The minimum Gasteiger partial charge on any atom is -0.479 e. The maximum Gasteiger partial charge on any atom is 0.263 e. The molecule has 0 unspecified atom stereocenters. The van der Waals surface area contributed by atoms with Gasteiger partial charge in [0.2, 0.25) is 0 Å². The first kappa shape index (κ1) is 23.2. The number of carbonyl (C=O) groups excluding carboxylic acids is 1.